The molecule has 1 aromatic carbocycles. The molecule has 0 saturated heterocycles. The van der Waals surface area contributed by atoms with Crippen LogP contribution < -0.4 is 5.32 Å². The summed E-state index contributed by atoms with van der Waals surface area (Å²) in [5, 5.41) is 7.51. The minimum atomic E-state index is -0.169. The van der Waals surface area contributed by atoms with Gasteiger partial charge in [0.05, 0.1) is 12.0 Å². The Labute approximate surface area is 159 Å². The highest BCUT2D eigenvalue weighted by molar-refractivity contribution is 5.94. The summed E-state index contributed by atoms with van der Waals surface area (Å²) in [5.74, 6) is 0.459. The standard InChI is InChI=1S/C21H25N3O3/c1-2-3-13-26-14-8-12-22-21(25)19-16-18(20-11-7-15-27-20)23-24(19)17-9-5-4-6-10-17/h4-7,9-11,15-16H,2-3,8,12-14H2,1H3,(H,22,25). The molecule has 3 rings (SSSR count). The summed E-state index contributed by atoms with van der Waals surface area (Å²) >= 11 is 0. The second-order valence-electron chi connectivity index (χ2n) is 6.21. The molecule has 0 fully saturated rings. The molecule has 6 nitrogen and oxygen atoms in total. The van der Waals surface area contributed by atoms with Crippen LogP contribution in [0.3, 0.4) is 0 Å². The lowest BCUT2D eigenvalue weighted by atomic mass is 10.2. The van der Waals surface area contributed by atoms with Crippen molar-refractivity contribution >= 4 is 5.91 Å². The van der Waals surface area contributed by atoms with Crippen molar-refractivity contribution in [2.75, 3.05) is 19.8 Å². The molecule has 1 N–H and O–H groups in total. The molecule has 0 unspecified atom stereocenters. The maximum atomic E-state index is 12.7. The van der Waals surface area contributed by atoms with Gasteiger partial charge in [0.15, 0.2) is 5.76 Å². The first kappa shape index (κ1) is 18.9. The van der Waals surface area contributed by atoms with Gasteiger partial charge in [-0.25, -0.2) is 4.68 Å². The molecule has 0 spiro atoms. The van der Waals surface area contributed by atoms with Crippen molar-refractivity contribution < 1.29 is 13.9 Å². The number of hydrogen-bond acceptors (Lipinski definition) is 4. The van der Waals surface area contributed by atoms with E-state index in [2.05, 4.69) is 17.3 Å². The van der Waals surface area contributed by atoms with Gasteiger partial charge >= 0.3 is 0 Å². The predicted octanol–water partition coefficient (Wildman–Crippen LogP) is 4.07. The van der Waals surface area contributed by atoms with E-state index in [1.807, 2.05) is 36.4 Å². The molecule has 27 heavy (non-hydrogen) atoms. The van der Waals surface area contributed by atoms with Gasteiger partial charge in [0, 0.05) is 25.8 Å². The second-order valence-corrected chi connectivity index (χ2v) is 6.21. The summed E-state index contributed by atoms with van der Waals surface area (Å²) in [5.41, 5.74) is 1.92. The first-order valence-electron chi connectivity index (χ1n) is 9.35. The largest absolute Gasteiger partial charge is 0.463 e. The number of rotatable bonds is 10. The van der Waals surface area contributed by atoms with Crippen LogP contribution in [0, 0.1) is 0 Å². The van der Waals surface area contributed by atoms with Crippen LogP contribution in [-0.4, -0.2) is 35.4 Å². The van der Waals surface area contributed by atoms with Crippen molar-refractivity contribution in [1.82, 2.24) is 15.1 Å². The fraction of sp³-hybridized carbons (Fsp3) is 0.333. The SMILES string of the molecule is CCCCOCCCNC(=O)c1cc(-c2ccco2)nn1-c1ccccc1. The number of ether oxygens (including phenoxy) is 1. The minimum absolute atomic E-state index is 0.169. The average molecular weight is 367 g/mol. The van der Waals surface area contributed by atoms with Gasteiger partial charge < -0.3 is 14.5 Å². The molecular weight excluding hydrogens is 342 g/mol. The molecule has 142 valence electrons. The van der Waals surface area contributed by atoms with Gasteiger partial charge in [-0.3, -0.25) is 4.79 Å². The third-order valence-electron chi connectivity index (χ3n) is 4.11. The zero-order valence-corrected chi connectivity index (χ0v) is 15.6. The first-order chi connectivity index (χ1) is 13.3. The lowest BCUT2D eigenvalue weighted by Gasteiger charge is -2.08. The number of amides is 1. The van der Waals surface area contributed by atoms with E-state index in [-0.39, 0.29) is 5.91 Å². The molecule has 0 aliphatic heterocycles. The summed E-state index contributed by atoms with van der Waals surface area (Å²) in [7, 11) is 0. The van der Waals surface area contributed by atoms with Crippen LogP contribution in [0.2, 0.25) is 0 Å². The normalized spacial score (nSPS) is 10.9. The number of unbranched alkanes of at least 4 members (excludes halogenated alkanes) is 1. The Morgan fingerprint density at radius 1 is 1.15 bits per heavy atom. The highest BCUT2D eigenvalue weighted by atomic mass is 16.5. The number of furan rings is 1. The van der Waals surface area contributed by atoms with Gasteiger partial charge in [-0.15, -0.1) is 0 Å². The zero-order valence-electron chi connectivity index (χ0n) is 15.6. The summed E-state index contributed by atoms with van der Waals surface area (Å²) < 4.78 is 12.6. The fourth-order valence-corrected chi connectivity index (χ4v) is 2.67. The van der Waals surface area contributed by atoms with Crippen LogP contribution in [0.15, 0.2) is 59.2 Å². The molecule has 0 aliphatic carbocycles. The topological polar surface area (TPSA) is 69.3 Å². The van der Waals surface area contributed by atoms with E-state index in [1.165, 1.54) is 0 Å². The molecular formula is C21H25N3O3. The van der Waals surface area contributed by atoms with E-state index in [4.69, 9.17) is 9.15 Å². The van der Waals surface area contributed by atoms with E-state index < -0.39 is 0 Å². The van der Waals surface area contributed by atoms with Gasteiger partial charge in [0.1, 0.15) is 11.4 Å². The Kier molecular flexibility index (Phi) is 6.82. The number of nitrogens with one attached hydrogen (secondary N) is 1. The summed E-state index contributed by atoms with van der Waals surface area (Å²) in [6.07, 6.45) is 4.56. The summed E-state index contributed by atoms with van der Waals surface area (Å²) in [6, 6.07) is 15.0. The maximum absolute atomic E-state index is 12.7. The number of hydrogen-bond donors (Lipinski definition) is 1. The molecule has 0 bridgehead atoms. The molecule has 0 aliphatic rings. The number of carbonyl (C=O) groups is 1. The van der Waals surface area contributed by atoms with Crippen molar-refractivity contribution in [3.63, 3.8) is 0 Å². The maximum Gasteiger partial charge on any atom is 0.270 e. The Morgan fingerprint density at radius 3 is 2.70 bits per heavy atom. The van der Waals surface area contributed by atoms with Crippen molar-refractivity contribution in [1.29, 1.82) is 0 Å². The van der Waals surface area contributed by atoms with Crippen molar-refractivity contribution in [3.05, 3.63) is 60.5 Å². The third-order valence-corrected chi connectivity index (χ3v) is 4.11. The first-order valence-corrected chi connectivity index (χ1v) is 9.35. The molecule has 0 saturated carbocycles. The van der Waals surface area contributed by atoms with E-state index in [0.717, 1.165) is 31.6 Å². The van der Waals surface area contributed by atoms with Gasteiger partial charge in [0.2, 0.25) is 0 Å². The van der Waals surface area contributed by atoms with Crippen molar-refractivity contribution in [3.8, 4) is 17.1 Å². The Bertz CT molecular complexity index is 826. The van der Waals surface area contributed by atoms with Crippen LogP contribution >= 0.6 is 0 Å². The number of carbonyl (C=O) groups excluding carboxylic acids is 1. The number of para-hydroxylation sites is 1. The minimum Gasteiger partial charge on any atom is -0.463 e. The van der Waals surface area contributed by atoms with Gasteiger partial charge in [-0.2, -0.15) is 5.10 Å². The number of benzene rings is 1. The zero-order chi connectivity index (χ0) is 18.9. The lowest BCUT2D eigenvalue weighted by Crippen LogP contribution is -2.27. The summed E-state index contributed by atoms with van der Waals surface area (Å²) in [4.78, 5) is 12.7. The molecule has 2 heterocycles. The van der Waals surface area contributed by atoms with Crippen LogP contribution in [-0.2, 0) is 4.74 Å². The van der Waals surface area contributed by atoms with Gasteiger partial charge in [0.25, 0.3) is 5.91 Å². The van der Waals surface area contributed by atoms with Gasteiger partial charge in [-0.05, 0) is 37.1 Å². The number of nitrogens with zero attached hydrogens (tertiary/aromatic N) is 2. The Hall–Kier alpha value is -2.86. The number of aromatic nitrogens is 2. The highest BCUT2D eigenvalue weighted by Gasteiger charge is 2.18. The predicted molar refractivity (Wildman–Crippen MR) is 104 cm³/mol. The molecule has 3 aromatic rings. The van der Waals surface area contributed by atoms with E-state index in [9.17, 15) is 4.79 Å². The molecule has 0 radical (unpaired) electrons. The average Bonchev–Trinajstić information content (AvgIpc) is 3.37. The lowest BCUT2D eigenvalue weighted by molar-refractivity contribution is 0.0933. The van der Waals surface area contributed by atoms with Crippen LogP contribution in [0.1, 0.15) is 36.7 Å². The van der Waals surface area contributed by atoms with Crippen LogP contribution in [0.4, 0.5) is 0 Å². The van der Waals surface area contributed by atoms with Crippen LogP contribution in [0.5, 0.6) is 0 Å². The molecule has 1 amide bonds. The monoisotopic (exact) mass is 367 g/mol. The van der Waals surface area contributed by atoms with E-state index >= 15 is 0 Å². The summed E-state index contributed by atoms with van der Waals surface area (Å²) in [6.45, 7) is 4.12. The Balaban J connectivity index is 1.68. The van der Waals surface area contributed by atoms with Crippen LogP contribution in [0.25, 0.3) is 17.1 Å². The smallest absolute Gasteiger partial charge is 0.270 e. The molecule has 6 heteroatoms. The quantitative estimate of drug-likeness (QED) is 0.549. The molecule has 2 aromatic heterocycles. The van der Waals surface area contributed by atoms with Crippen molar-refractivity contribution in [2.24, 2.45) is 0 Å². The van der Waals surface area contributed by atoms with Gasteiger partial charge in [-0.1, -0.05) is 31.5 Å². The molecule has 0 atom stereocenters. The highest BCUT2D eigenvalue weighted by Crippen LogP contribution is 2.22. The van der Waals surface area contributed by atoms with E-state index in [1.54, 1.807) is 23.1 Å². The van der Waals surface area contributed by atoms with E-state index in [0.29, 0.717) is 30.3 Å². The Morgan fingerprint density at radius 2 is 1.96 bits per heavy atom. The van der Waals surface area contributed by atoms with Crippen molar-refractivity contribution in [2.45, 2.75) is 26.2 Å². The fourth-order valence-electron chi connectivity index (χ4n) is 2.67. The second kappa shape index (κ2) is 9.73. The third kappa shape index (κ3) is 5.08.